The van der Waals surface area contributed by atoms with Crippen molar-refractivity contribution in [2.45, 2.75) is 40.0 Å². The topological polar surface area (TPSA) is 88.1 Å². The first-order valence-electron chi connectivity index (χ1n) is 12.6. The van der Waals surface area contributed by atoms with Crippen LogP contribution in [0.1, 0.15) is 56.9 Å². The van der Waals surface area contributed by atoms with Gasteiger partial charge in [-0.15, -0.1) is 0 Å². The Kier molecular flexibility index (Phi) is 9.79. The molecule has 0 bridgehead atoms. The van der Waals surface area contributed by atoms with Gasteiger partial charge in [-0.2, -0.15) is 10.2 Å². The monoisotopic (exact) mass is 508 g/mol. The third-order valence-electron chi connectivity index (χ3n) is 5.89. The van der Waals surface area contributed by atoms with Crippen molar-refractivity contribution in [1.29, 1.82) is 0 Å². The molecule has 1 fully saturated rings. The zero-order chi connectivity index (χ0) is 26.9. The van der Waals surface area contributed by atoms with Gasteiger partial charge in [0.1, 0.15) is 17.3 Å². The lowest BCUT2D eigenvalue weighted by molar-refractivity contribution is -0.117. The second-order valence-corrected chi connectivity index (χ2v) is 9.11. The lowest BCUT2D eigenvalue weighted by Crippen LogP contribution is -2.30. The van der Waals surface area contributed by atoms with Crippen LogP contribution >= 0.6 is 0 Å². The van der Waals surface area contributed by atoms with Gasteiger partial charge in [0.05, 0.1) is 31.1 Å². The molecule has 8 nitrogen and oxygen atoms in total. The highest BCUT2D eigenvalue weighted by Gasteiger charge is 2.19. The number of aryl methyl sites for hydroxylation is 1. The van der Waals surface area contributed by atoms with E-state index in [-0.39, 0.29) is 5.91 Å². The Morgan fingerprint density at radius 2 is 2.00 bits per heavy atom. The number of carbonyl (C=O) groups excluding carboxylic acids is 1. The van der Waals surface area contributed by atoms with Crippen LogP contribution in [-0.2, 0) is 11.8 Å². The number of amides is 1. The van der Waals surface area contributed by atoms with Crippen molar-refractivity contribution in [1.82, 2.24) is 24.9 Å². The van der Waals surface area contributed by atoms with E-state index < -0.39 is 5.82 Å². The van der Waals surface area contributed by atoms with E-state index in [4.69, 9.17) is 4.74 Å². The number of aromatic nitrogens is 4. The molecule has 1 amide bonds. The van der Waals surface area contributed by atoms with E-state index in [0.29, 0.717) is 40.5 Å². The summed E-state index contributed by atoms with van der Waals surface area (Å²) in [7, 11) is 3.31. The van der Waals surface area contributed by atoms with Crippen molar-refractivity contribution >= 4 is 29.3 Å². The number of carbonyl (C=O) groups is 1. The van der Waals surface area contributed by atoms with E-state index in [1.165, 1.54) is 19.6 Å². The van der Waals surface area contributed by atoms with Crippen molar-refractivity contribution in [3.63, 3.8) is 0 Å². The maximum Gasteiger partial charge on any atom is 0.238 e. The maximum atomic E-state index is 15.3. The highest BCUT2D eigenvalue weighted by molar-refractivity contribution is 5.94. The average molecular weight is 509 g/mol. The van der Waals surface area contributed by atoms with E-state index >= 15 is 4.39 Å². The molecule has 0 saturated carbocycles. The van der Waals surface area contributed by atoms with E-state index in [0.717, 1.165) is 37.1 Å². The fraction of sp³-hybridized carbons (Fsp3) is 0.393. The van der Waals surface area contributed by atoms with Crippen LogP contribution in [-0.4, -0.2) is 57.5 Å². The number of H-pyrrole nitrogens is 1. The van der Waals surface area contributed by atoms with Crippen LogP contribution in [0, 0.1) is 5.82 Å². The Morgan fingerprint density at radius 3 is 2.59 bits per heavy atom. The minimum atomic E-state index is -0.490. The lowest BCUT2D eigenvalue weighted by atomic mass is 9.99. The number of aromatic amines is 1. The van der Waals surface area contributed by atoms with Gasteiger partial charge in [-0.05, 0) is 56.6 Å². The average Bonchev–Trinajstić information content (AvgIpc) is 3.60. The van der Waals surface area contributed by atoms with Crippen LogP contribution in [0.15, 0.2) is 31.1 Å². The number of hydrogen-bond donors (Lipinski definition) is 2. The molecule has 0 atom stereocenters. The van der Waals surface area contributed by atoms with E-state index in [1.807, 2.05) is 19.3 Å². The summed E-state index contributed by atoms with van der Waals surface area (Å²) in [6.45, 7) is 12.0. The molecular weight excluding hydrogens is 471 g/mol. The molecule has 3 aromatic rings. The Balaban J connectivity index is 0.00000121. The molecule has 0 aliphatic carbocycles. The molecule has 1 saturated heterocycles. The highest BCUT2D eigenvalue weighted by Crippen LogP contribution is 2.35. The van der Waals surface area contributed by atoms with E-state index in [2.05, 4.69) is 45.9 Å². The zero-order valence-electron chi connectivity index (χ0n) is 22.4. The Bertz CT molecular complexity index is 1250. The third-order valence-corrected chi connectivity index (χ3v) is 5.89. The van der Waals surface area contributed by atoms with Gasteiger partial charge in [0.2, 0.25) is 5.91 Å². The molecule has 0 radical (unpaired) electrons. The molecule has 1 aliphatic rings. The number of methoxy groups -OCH3 is 1. The first kappa shape index (κ1) is 27.9. The summed E-state index contributed by atoms with van der Waals surface area (Å²) in [6.07, 6.45) is 10.5. The predicted octanol–water partition coefficient (Wildman–Crippen LogP) is 5.61. The predicted molar refractivity (Wildman–Crippen MR) is 148 cm³/mol. The molecule has 4 rings (SSSR count). The first-order chi connectivity index (χ1) is 17.8. The molecule has 0 unspecified atom stereocenters. The Morgan fingerprint density at radius 1 is 1.30 bits per heavy atom. The molecule has 1 aliphatic heterocycles. The summed E-state index contributed by atoms with van der Waals surface area (Å²) in [4.78, 5) is 14.5. The lowest BCUT2D eigenvalue weighted by Gasteiger charge is -2.16. The van der Waals surface area contributed by atoms with Gasteiger partial charge in [0.25, 0.3) is 0 Å². The summed E-state index contributed by atoms with van der Waals surface area (Å²) in [5.74, 6) is -0.327. The molecule has 3 heterocycles. The van der Waals surface area contributed by atoms with Crippen molar-refractivity contribution in [2.75, 3.05) is 32.1 Å². The largest absolute Gasteiger partial charge is 0.496 e. The SMILES string of the molecule is C=Cc1[nH]nc(-c2cnn(C)c2)c1/C=C(\C)c1c(F)cc(NC(=O)CN2CCCC2)cc1OC.CCC. The van der Waals surface area contributed by atoms with Crippen LogP contribution < -0.4 is 10.1 Å². The summed E-state index contributed by atoms with van der Waals surface area (Å²) < 4.78 is 22.5. The number of ether oxygens (including phenoxy) is 1. The number of anilines is 1. The molecule has 9 heteroatoms. The standard InChI is InChI=1S/C25H29FN6O2.C3H8/c1-5-21-19(25(30-29-21)17-13-27-31(3)14-17)10-16(2)24-20(26)11-18(12-22(24)34-4)28-23(33)15-32-8-6-7-9-32;1-3-2/h5,10-14H,1,6-9,15H2,2-4H3,(H,28,33)(H,29,30);3H2,1-2H3/b16-10+;. The summed E-state index contributed by atoms with van der Waals surface area (Å²) in [5, 5.41) is 14.4. The Hall–Kier alpha value is -3.72. The van der Waals surface area contributed by atoms with Gasteiger partial charge < -0.3 is 10.1 Å². The minimum absolute atomic E-state index is 0.168. The number of benzene rings is 1. The minimum Gasteiger partial charge on any atom is -0.496 e. The van der Waals surface area contributed by atoms with Gasteiger partial charge in [-0.25, -0.2) is 4.39 Å². The van der Waals surface area contributed by atoms with Crippen LogP contribution in [0.2, 0.25) is 0 Å². The number of halogens is 1. The molecule has 2 N–H and O–H groups in total. The second-order valence-electron chi connectivity index (χ2n) is 9.11. The fourth-order valence-corrected chi connectivity index (χ4v) is 4.26. The molecule has 198 valence electrons. The smallest absolute Gasteiger partial charge is 0.238 e. The van der Waals surface area contributed by atoms with Gasteiger partial charge in [-0.1, -0.05) is 26.8 Å². The number of likely N-dealkylation sites (tertiary alicyclic amines) is 1. The van der Waals surface area contributed by atoms with Crippen LogP contribution in [0.3, 0.4) is 0 Å². The Labute approximate surface area is 218 Å². The third kappa shape index (κ3) is 6.95. The molecular formula is C28H37FN6O2. The summed E-state index contributed by atoms with van der Waals surface area (Å²) in [6, 6.07) is 2.96. The number of hydrogen-bond acceptors (Lipinski definition) is 5. The van der Waals surface area contributed by atoms with E-state index in [9.17, 15) is 4.79 Å². The maximum absolute atomic E-state index is 15.3. The molecule has 37 heavy (non-hydrogen) atoms. The molecule has 0 spiro atoms. The number of allylic oxidation sites excluding steroid dienone is 1. The van der Waals surface area contributed by atoms with Crippen molar-refractivity contribution in [3.05, 3.63) is 53.7 Å². The second kappa shape index (κ2) is 13.0. The van der Waals surface area contributed by atoms with Crippen LogP contribution in [0.5, 0.6) is 5.75 Å². The van der Waals surface area contributed by atoms with Gasteiger partial charge >= 0.3 is 0 Å². The summed E-state index contributed by atoms with van der Waals surface area (Å²) in [5.41, 5.74) is 4.31. The number of rotatable bonds is 8. The van der Waals surface area contributed by atoms with Crippen LogP contribution in [0.4, 0.5) is 10.1 Å². The van der Waals surface area contributed by atoms with Crippen LogP contribution in [0.25, 0.3) is 29.0 Å². The van der Waals surface area contributed by atoms with Gasteiger partial charge in [0.15, 0.2) is 0 Å². The van der Waals surface area contributed by atoms with Crippen molar-refractivity contribution in [2.24, 2.45) is 7.05 Å². The number of nitrogens with zero attached hydrogens (tertiary/aromatic N) is 4. The fourth-order valence-electron chi connectivity index (χ4n) is 4.26. The van der Waals surface area contributed by atoms with Gasteiger partial charge in [0, 0.05) is 36.1 Å². The normalized spacial score (nSPS) is 13.7. The van der Waals surface area contributed by atoms with Crippen molar-refractivity contribution < 1.29 is 13.9 Å². The zero-order valence-corrected chi connectivity index (χ0v) is 22.4. The molecule has 2 aromatic heterocycles. The molecule has 1 aromatic carbocycles. The number of nitrogens with one attached hydrogen (secondary N) is 2. The van der Waals surface area contributed by atoms with Crippen molar-refractivity contribution in [3.8, 4) is 17.0 Å². The highest BCUT2D eigenvalue weighted by atomic mass is 19.1. The quantitative estimate of drug-likeness (QED) is 0.413. The van der Waals surface area contributed by atoms with E-state index in [1.54, 1.807) is 29.9 Å². The first-order valence-corrected chi connectivity index (χ1v) is 12.6. The van der Waals surface area contributed by atoms with Gasteiger partial charge in [-0.3, -0.25) is 19.5 Å². The summed E-state index contributed by atoms with van der Waals surface area (Å²) >= 11 is 0.